The Balaban J connectivity index is 1.92. The van der Waals surface area contributed by atoms with Gasteiger partial charge in [-0.3, -0.25) is 0 Å². The number of nitrogen functional groups attached to an aromatic ring is 1. The minimum absolute atomic E-state index is 0.236. The van der Waals surface area contributed by atoms with Crippen LogP contribution >= 0.6 is 0 Å². The average molecular weight is 371 g/mol. The van der Waals surface area contributed by atoms with Crippen LogP contribution in [0.2, 0.25) is 0 Å². The number of ether oxygens (including phenoxy) is 2. The van der Waals surface area contributed by atoms with Crippen LogP contribution in [0, 0.1) is 11.3 Å². The van der Waals surface area contributed by atoms with E-state index in [1.807, 2.05) is 54.6 Å². The van der Waals surface area contributed by atoms with Gasteiger partial charge in [-0.25, -0.2) is 4.98 Å². The molecule has 0 saturated heterocycles. The van der Waals surface area contributed by atoms with E-state index in [2.05, 4.69) is 16.2 Å². The molecule has 4 aromatic rings. The Morgan fingerprint density at radius 3 is 2.25 bits per heavy atom. The Morgan fingerprint density at radius 2 is 1.61 bits per heavy atom. The Labute approximate surface area is 161 Å². The molecule has 0 unspecified atom stereocenters. The Kier molecular flexibility index (Phi) is 4.30. The van der Waals surface area contributed by atoms with Crippen LogP contribution in [0.4, 0.5) is 5.82 Å². The number of nitrogens with two attached hydrogens (primary N) is 1. The first-order valence-electron chi connectivity index (χ1n) is 8.53. The number of rotatable bonds is 4. The topological polar surface area (TPSA) is 98.5 Å². The second-order valence-corrected chi connectivity index (χ2v) is 6.10. The lowest BCUT2D eigenvalue weighted by atomic mass is 10.1. The second-order valence-electron chi connectivity index (χ2n) is 6.10. The summed E-state index contributed by atoms with van der Waals surface area (Å²) in [5, 5.41) is 14.2. The molecule has 28 heavy (non-hydrogen) atoms. The van der Waals surface area contributed by atoms with Crippen LogP contribution in [0.5, 0.6) is 11.5 Å². The van der Waals surface area contributed by atoms with Gasteiger partial charge in [0.25, 0.3) is 0 Å². The van der Waals surface area contributed by atoms with Gasteiger partial charge < -0.3 is 15.2 Å². The van der Waals surface area contributed by atoms with E-state index in [1.54, 1.807) is 14.2 Å². The van der Waals surface area contributed by atoms with Gasteiger partial charge in [0.15, 0.2) is 5.65 Å². The Bertz CT molecular complexity index is 1220. The fraction of sp³-hybridized carbons (Fsp3) is 0.0952. The molecule has 2 aromatic heterocycles. The fourth-order valence-electron chi connectivity index (χ4n) is 3.04. The zero-order valence-corrected chi connectivity index (χ0v) is 15.4. The van der Waals surface area contributed by atoms with Crippen molar-refractivity contribution in [2.75, 3.05) is 20.0 Å². The van der Waals surface area contributed by atoms with E-state index in [-0.39, 0.29) is 11.4 Å². The highest BCUT2D eigenvalue weighted by Crippen LogP contribution is 2.31. The quantitative estimate of drug-likeness (QED) is 0.589. The first kappa shape index (κ1) is 17.4. The molecular weight excluding hydrogens is 354 g/mol. The standard InChI is InChI=1S/C21H17N5O2/c1-27-15-7-3-5-13(9-15)18-11-19-24-20(14-6-4-8-16(10-14)28-2)17(12-22)21(23)26(19)25-18/h3-11H,23H2,1-2H3. The molecule has 138 valence electrons. The maximum atomic E-state index is 9.68. The second kappa shape index (κ2) is 6.93. The van der Waals surface area contributed by atoms with Crippen LogP contribution < -0.4 is 15.2 Å². The summed E-state index contributed by atoms with van der Waals surface area (Å²) in [5.41, 5.74) is 9.87. The van der Waals surface area contributed by atoms with Crippen molar-refractivity contribution in [2.45, 2.75) is 0 Å². The third kappa shape index (κ3) is 2.87. The van der Waals surface area contributed by atoms with E-state index in [0.29, 0.717) is 22.8 Å². The van der Waals surface area contributed by atoms with Gasteiger partial charge in [0, 0.05) is 17.2 Å². The molecule has 0 spiro atoms. The molecule has 0 bridgehead atoms. The molecule has 0 aliphatic carbocycles. The van der Waals surface area contributed by atoms with Gasteiger partial charge in [-0.15, -0.1) is 0 Å². The molecule has 0 aliphatic rings. The van der Waals surface area contributed by atoms with Crippen LogP contribution in [0.15, 0.2) is 54.6 Å². The number of aromatic nitrogens is 3. The van der Waals surface area contributed by atoms with Crippen molar-refractivity contribution in [3.8, 4) is 40.1 Å². The summed E-state index contributed by atoms with van der Waals surface area (Å²) >= 11 is 0. The number of fused-ring (bicyclic) bond motifs is 1. The van der Waals surface area contributed by atoms with Gasteiger partial charge >= 0.3 is 0 Å². The number of nitriles is 1. The molecule has 0 fully saturated rings. The average Bonchev–Trinajstić information content (AvgIpc) is 3.18. The van der Waals surface area contributed by atoms with Crippen LogP contribution in [-0.4, -0.2) is 28.8 Å². The van der Waals surface area contributed by atoms with Crippen molar-refractivity contribution in [2.24, 2.45) is 0 Å². The highest BCUT2D eigenvalue weighted by Gasteiger charge is 2.17. The molecule has 7 heteroatoms. The van der Waals surface area contributed by atoms with E-state index in [4.69, 9.17) is 15.2 Å². The lowest BCUT2D eigenvalue weighted by molar-refractivity contribution is 0.415. The Hall–Kier alpha value is -4.05. The summed E-state index contributed by atoms with van der Waals surface area (Å²) in [6, 6.07) is 18.9. The smallest absolute Gasteiger partial charge is 0.158 e. The van der Waals surface area contributed by atoms with Gasteiger partial charge in [0.05, 0.1) is 25.6 Å². The fourth-order valence-corrected chi connectivity index (χ4v) is 3.04. The number of hydrogen-bond acceptors (Lipinski definition) is 6. The van der Waals surface area contributed by atoms with Crippen molar-refractivity contribution in [1.82, 2.24) is 14.6 Å². The van der Waals surface area contributed by atoms with E-state index in [0.717, 1.165) is 16.9 Å². The first-order chi connectivity index (χ1) is 13.6. The van der Waals surface area contributed by atoms with E-state index < -0.39 is 0 Å². The first-order valence-corrected chi connectivity index (χ1v) is 8.53. The summed E-state index contributed by atoms with van der Waals surface area (Å²) in [6.45, 7) is 0. The van der Waals surface area contributed by atoms with Crippen LogP contribution in [0.25, 0.3) is 28.2 Å². The van der Waals surface area contributed by atoms with E-state index >= 15 is 0 Å². The zero-order chi connectivity index (χ0) is 19.7. The third-order valence-electron chi connectivity index (χ3n) is 4.46. The molecule has 0 saturated carbocycles. The molecule has 0 radical (unpaired) electrons. The predicted octanol–water partition coefficient (Wildman–Crippen LogP) is 3.53. The largest absolute Gasteiger partial charge is 0.497 e. The number of nitrogens with zero attached hydrogens (tertiary/aromatic N) is 4. The summed E-state index contributed by atoms with van der Waals surface area (Å²) in [5.74, 6) is 1.64. The van der Waals surface area contributed by atoms with Gasteiger partial charge in [0.2, 0.25) is 0 Å². The van der Waals surface area contributed by atoms with Crippen molar-refractivity contribution in [3.05, 3.63) is 60.2 Å². The molecule has 2 heterocycles. The summed E-state index contributed by atoms with van der Waals surface area (Å²) in [6.07, 6.45) is 0. The molecular formula is C21H17N5O2. The number of benzene rings is 2. The normalized spacial score (nSPS) is 10.6. The molecule has 0 amide bonds. The minimum Gasteiger partial charge on any atom is -0.497 e. The van der Waals surface area contributed by atoms with Gasteiger partial charge in [0.1, 0.15) is 28.9 Å². The molecule has 2 N–H and O–H groups in total. The molecule has 2 aromatic carbocycles. The Morgan fingerprint density at radius 1 is 0.964 bits per heavy atom. The van der Waals surface area contributed by atoms with Crippen LogP contribution in [0.3, 0.4) is 0 Å². The summed E-state index contributed by atoms with van der Waals surface area (Å²) < 4.78 is 12.0. The van der Waals surface area contributed by atoms with Crippen molar-refractivity contribution < 1.29 is 9.47 Å². The van der Waals surface area contributed by atoms with Crippen LogP contribution in [-0.2, 0) is 0 Å². The summed E-state index contributed by atoms with van der Waals surface area (Å²) in [7, 11) is 3.20. The lowest BCUT2D eigenvalue weighted by Crippen LogP contribution is -2.06. The van der Waals surface area contributed by atoms with Crippen molar-refractivity contribution in [3.63, 3.8) is 0 Å². The molecule has 0 atom stereocenters. The van der Waals surface area contributed by atoms with Gasteiger partial charge in [-0.1, -0.05) is 24.3 Å². The van der Waals surface area contributed by atoms with E-state index in [1.165, 1.54) is 4.52 Å². The van der Waals surface area contributed by atoms with E-state index in [9.17, 15) is 5.26 Å². The maximum Gasteiger partial charge on any atom is 0.158 e. The van der Waals surface area contributed by atoms with Crippen LogP contribution in [0.1, 0.15) is 5.56 Å². The molecule has 4 rings (SSSR count). The van der Waals surface area contributed by atoms with Gasteiger partial charge in [-0.05, 0) is 24.3 Å². The number of anilines is 1. The SMILES string of the molecule is COc1cccc(-c2cc3nc(-c4cccc(OC)c4)c(C#N)c(N)n3n2)c1. The van der Waals surface area contributed by atoms with Crippen molar-refractivity contribution >= 4 is 11.5 Å². The number of hydrogen-bond donors (Lipinski definition) is 1. The number of methoxy groups -OCH3 is 2. The maximum absolute atomic E-state index is 9.68. The monoisotopic (exact) mass is 371 g/mol. The summed E-state index contributed by atoms with van der Waals surface area (Å²) in [4.78, 5) is 4.65. The van der Waals surface area contributed by atoms with Crippen molar-refractivity contribution in [1.29, 1.82) is 5.26 Å². The lowest BCUT2D eigenvalue weighted by Gasteiger charge is -2.09. The third-order valence-corrected chi connectivity index (χ3v) is 4.46. The molecule has 0 aliphatic heterocycles. The zero-order valence-electron chi connectivity index (χ0n) is 15.4. The van der Waals surface area contributed by atoms with Gasteiger partial charge in [-0.2, -0.15) is 14.9 Å². The minimum atomic E-state index is 0.236. The molecule has 7 nitrogen and oxygen atoms in total. The highest BCUT2D eigenvalue weighted by atomic mass is 16.5. The predicted molar refractivity (Wildman–Crippen MR) is 106 cm³/mol. The highest BCUT2D eigenvalue weighted by molar-refractivity contribution is 5.77.